The molecule has 3 aromatic rings. The molecule has 1 fully saturated rings. The van der Waals surface area contributed by atoms with Crippen LogP contribution in [-0.2, 0) is 15.0 Å². The SMILES string of the molecule is COc1ccc(/C(O)=C2/C(=O)C(=O)N(c3ccccc3O)C2c2cccc(O)c2)cc1C(C)(C)C. The lowest BCUT2D eigenvalue weighted by molar-refractivity contribution is -0.132. The molecule has 1 unspecified atom stereocenters. The van der Waals surface area contributed by atoms with E-state index in [1.165, 1.54) is 24.3 Å². The molecule has 35 heavy (non-hydrogen) atoms. The summed E-state index contributed by atoms with van der Waals surface area (Å²) < 4.78 is 5.48. The number of carbonyl (C=O) groups is 2. The fourth-order valence-corrected chi connectivity index (χ4v) is 4.36. The number of hydrogen-bond acceptors (Lipinski definition) is 6. The number of phenolic OH excluding ortho intramolecular Hbond substituents is 2. The van der Waals surface area contributed by atoms with E-state index in [-0.39, 0.29) is 33.9 Å². The Morgan fingerprint density at radius 2 is 1.66 bits per heavy atom. The standard InChI is InChI=1S/C28H27NO6/c1-28(2,3)19-15-17(12-13-22(19)35-4)25(32)23-24(16-8-7-9-18(30)14-16)29(27(34)26(23)33)20-10-5-6-11-21(20)31/h5-15,24,30-32H,1-4H3/b25-23-. The quantitative estimate of drug-likeness (QED) is 0.279. The molecule has 1 heterocycles. The molecule has 3 aromatic carbocycles. The normalized spacial score (nSPS) is 17.6. The van der Waals surface area contributed by atoms with E-state index in [0.29, 0.717) is 16.9 Å². The number of hydrogen-bond donors (Lipinski definition) is 3. The van der Waals surface area contributed by atoms with Gasteiger partial charge in [0, 0.05) is 11.1 Å². The van der Waals surface area contributed by atoms with Crippen molar-refractivity contribution in [3.63, 3.8) is 0 Å². The van der Waals surface area contributed by atoms with E-state index in [1.807, 2.05) is 20.8 Å². The Hall–Kier alpha value is -4.26. The third kappa shape index (κ3) is 4.21. The van der Waals surface area contributed by atoms with Crippen LogP contribution in [0.2, 0.25) is 0 Å². The van der Waals surface area contributed by atoms with E-state index < -0.39 is 17.7 Å². The van der Waals surface area contributed by atoms with Crippen molar-refractivity contribution in [1.82, 2.24) is 0 Å². The molecule has 0 radical (unpaired) electrons. The molecule has 1 aliphatic heterocycles. The first-order valence-electron chi connectivity index (χ1n) is 11.1. The van der Waals surface area contributed by atoms with Crippen molar-refractivity contribution in [2.75, 3.05) is 12.0 Å². The molecular formula is C28H27NO6. The molecule has 0 aliphatic carbocycles. The zero-order valence-electron chi connectivity index (χ0n) is 19.9. The topological polar surface area (TPSA) is 107 Å². The molecule has 1 amide bonds. The number of para-hydroxylation sites is 2. The molecule has 0 saturated carbocycles. The molecule has 7 heteroatoms. The largest absolute Gasteiger partial charge is 0.508 e. The van der Waals surface area contributed by atoms with Crippen molar-refractivity contribution in [1.29, 1.82) is 0 Å². The van der Waals surface area contributed by atoms with Crippen LogP contribution in [0.3, 0.4) is 0 Å². The lowest BCUT2D eigenvalue weighted by Gasteiger charge is -2.26. The van der Waals surface area contributed by atoms with Gasteiger partial charge in [-0.25, -0.2) is 0 Å². The van der Waals surface area contributed by atoms with Crippen molar-refractivity contribution >= 4 is 23.1 Å². The van der Waals surface area contributed by atoms with Crippen LogP contribution < -0.4 is 9.64 Å². The summed E-state index contributed by atoms with van der Waals surface area (Å²) in [5.41, 5.74) is 1.21. The maximum absolute atomic E-state index is 13.3. The van der Waals surface area contributed by atoms with Gasteiger partial charge in [-0.15, -0.1) is 0 Å². The summed E-state index contributed by atoms with van der Waals surface area (Å²) in [6, 6.07) is 16.3. The van der Waals surface area contributed by atoms with Crippen LogP contribution in [0.1, 0.15) is 43.5 Å². The molecule has 1 aliphatic rings. The molecule has 0 spiro atoms. The summed E-state index contributed by atoms with van der Waals surface area (Å²) in [4.78, 5) is 27.7. The van der Waals surface area contributed by atoms with E-state index in [1.54, 1.807) is 49.6 Å². The number of aliphatic hydroxyl groups is 1. The Morgan fingerprint density at radius 1 is 0.943 bits per heavy atom. The highest BCUT2D eigenvalue weighted by molar-refractivity contribution is 6.51. The van der Waals surface area contributed by atoms with E-state index in [2.05, 4.69) is 0 Å². The van der Waals surface area contributed by atoms with Crippen LogP contribution >= 0.6 is 0 Å². The summed E-state index contributed by atoms with van der Waals surface area (Å²) in [6.45, 7) is 6.00. The number of benzene rings is 3. The second-order valence-corrected chi connectivity index (χ2v) is 9.42. The number of phenols is 2. The molecule has 180 valence electrons. The maximum Gasteiger partial charge on any atom is 0.300 e. The number of ether oxygens (including phenoxy) is 1. The Morgan fingerprint density at radius 3 is 2.29 bits per heavy atom. The number of aromatic hydroxyl groups is 2. The Balaban J connectivity index is 1.98. The van der Waals surface area contributed by atoms with Gasteiger partial charge in [-0.2, -0.15) is 0 Å². The van der Waals surface area contributed by atoms with E-state index in [0.717, 1.165) is 10.5 Å². The van der Waals surface area contributed by atoms with Crippen molar-refractivity contribution in [2.24, 2.45) is 0 Å². The van der Waals surface area contributed by atoms with Crippen molar-refractivity contribution < 1.29 is 29.6 Å². The summed E-state index contributed by atoms with van der Waals surface area (Å²) in [5, 5.41) is 32.0. The zero-order valence-corrected chi connectivity index (χ0v) is 19.9. The summed E-state index contributed by atoms with van der Waals surface area (Å²) in [5.74, 6) is -1.78. The van der Waals surface area contributed by atoms with Crippen LogP contribution in [-0.4, -0.2) is 34.1 Å². The van der Waals surface area contributed by atoms with Gasteiger partial charge in [0.25, 0.3) is 11.7 Å². The summed E-state index contributed by atoms with van der Waals surface area (Å²) in [6.07, 6.45) is 0. The first kappa shape index (κ1) is 23.9. The van der Waals surface area contributed by atoms with Gasteiger partial charge in [0.05, 0.1) is 24.4 Å². The van der Waals surface area contributed by atoms with Crippen LogP contribution in [0.4, 0.5) is 5.69 Å². The van der Waals surface area contributed by atoms with Gasteiger partial charge in [0.15, 0.2) is 0 Å². The van der Waals surface area contributed by atoms with Crippen molar-refractivity contribution in [3.8, 4) is 17.2 Å². The summed E-state index contributed by atoms with van der Waals surface area (Å²) in [7, 11) is 1.56. The Labute approximate surface area is 203 Å². The molecule has 7 nitrogen and oxygen atoms in total. The van der Waals surface area contributed by atoms with Gasteiger partial charge in [-0.3, -0.25) is 14.5 Å². The van der Waals surface area contributed by atoms with Gasteiger partial charge >= 0.3 is 0 Å². The fourth-order valence-electron chi connectivity index (χ4n) is 4.36. The smallest absolute Gasteiger partial charge is 0.300 e. The minimum atomic E-state index is -1.07. The number of nitrogens with zero attached hydrogens (tertiary/aromatic N) is 1. The Kier molecular flexibility index (Phi) is 6.03. The van der Waals surface area contributed by atoms with Crippen LogP contribution in [0.15, 0.2) is 72.3 Å². The number of methoxy groups -OCH3 is 1. The average Bonchev–Trinajstić information content (AvgIpc) is 3.08. The van der Waals surface area contributed by atoms with Crippen LogP contribution in [0.5, 0.6) is 17.2 Å². The Bertz CT molecular complexity index is 1350. The minimum absolute atomic E-state index is 0.0650. The van der Waals surface area contributed by atoms with Gasteiger partial charge in [0.2, 0.25) is 0 Å². The fraction of sp³-hybridized carbons (Fsp3) is 0.214. The third-order valence-corrected chi connectivity index (χ3v) is 6.05. The van der Waals surface area contributed by atoms with Gasteiger partial charge in [0.1, 0.15) is 23.0 Å². The minimum Gasteiger partial charge on any atom is -0.508 e. The third-order valence-electron chi connectivity index (χ3n) is 6.05. The van der Waals surface area contributed by atoms with Crippen LogP contribution in [0.25, 0.3) is 5.76 Å². The number of aliphatic hydroxyl groups excluding tert-OH is 1. The molecule has 0 bridgehead atoms. The maximum atomic E-state index is 13.3. The first-order valence-corrected chi connectivity index (χ1v) is 11.1. The van der Waals surface area contributed by atoms with Gasteiger partial charge < -0.3 is 20.1 Å². The number of ketones is 1. The molecule has 4 rings (SSSR count). The van der Waals surface area contributed by atoms with E-state index in [4.69, 9.17) is 4.74 Å². The second-order valence-electron chi connectivity index (χ2n) is 9.42. The van der Waals surface area contributed by atoms with Gasteiger partial charge in [-0.1, -0.05) is 45.0 Å². The lowest BCUT2D eigenvalue weighted by Crippen LogP contribution is -2.29. The molecule has 1 saturated heterocycles. The average molecular weight is 474 g/mol. The number of rotatable bonds is 4. The highest BCUT2D eigenvalue weighted by atomic mass is 16.5. The van der Waals surface area contributed by atoms with Crippen LogP contribution in [0, 0.1) is 0 Å². The molecule has 3 N–H and O–H groups in total. The number of carbonyl (C=O) groups excluding carboxylic acids is 2. The number of Topliss-reactive ketones (excluding diaryl/α,β-unsaturated/α-hetero) is 1. The second kappa shape index (κ2) is 8.83. The highest BCUT2D eigenvalue weighted by Crippen LogP contribution is 2.45. The monoisotopic (exact) mass is 473 g/mol. The summed E-state index contributed by atoms with van der Waals surface area (Å²) >= 11 is 0. The molecule has 0 aromatic heterocycles. The van der Waals surface area contributed by atoms with Crippen molar-refractivity contribution in [2.45, 2.75) is 32.2 Å². The molecular weight excluding hydrogens is 446 g/mol. The molecule has 1 atom stereocenters. The number of anilines is 1. The highest BCUT2D eigenvalue weighted by Gasteiger charge is 2.47. The predicted octanol–water partition coefficient (Wildman–Crippen LogP) is 5.03. The van der Waals surface area contributed by atoms with E-state index in [9.17, 15) is 24.9 Å². The predicted molar refractivity (Wildman–Crippen MR) is 133 cm³/mol. The lowest BCUT2D eigenvalue weighted by atomic mass is 9.84. The first-order chi connectivity index (χ1) is 16.5. The zero-order chi connectivity index (χ0) is 25.5. The van der Waals surface area contributed by atoms with Crippen molar-refractivity contribution in [3.05, 3.63) is 89.0 Å². The van der Waals surface area contributed by atoms with Gasteiger partial charge in [-0.05, 0) is 53.4 Å². The number of amides is 1. The van der Waals surface area contributed by atoms with E-state index >= 15 is 0 Å².